The van der Waals surface area contributed by atoms with Gasteiger partial charge in [-0.1, -0.05) is 240 Å². The summed E-state index contributed by atoms with van der Waals surface area (Å²) < 4.78 is 16.7. The molecule has 0 aliphatic heterocycles. The number of hydrogen-bond donors (Lipinski definition) is 0. The molecule has 0 aliphatic rings. The molecule has 69 heavy (non-hydrogen) atoms. The molecule has 0 bridgehead atoms. The molecule has 0 saturated carbocycles. The Morgan fingerprint density at radius 1 is 0.304 bits per heavy atom. The number of rotatable bonds is 51. The molecular weight excluding hydrogens is 853 g/mol. The monoisotopic (exact) mass is 959 g/mol. The van der Waals surface area contributed by atoms with Crippen LogP contribution in [0.4, 0.5) is 0 Å². The molecule has 1 atom stereocenters. The van der Waals surface area contributed by atoms with Crippen LogP contribution in [0.25, 0.3) is 0 Å². The third kappa shape index (κ3) is 55.1. The summed E-state index contributed by atoms with van der Waals surface area (Å²) in [6.45, 7) is 6.41. The highest BCUT2D eigenvalue weighted by atomic mass is 16.6. The zero-order valence-electron chi connectivity index (χ0n) is 45.0. The largest absolute Gasteiger partial charge is 0.462 e. The topological polar surface area (TPSA) is 78.9 Å². The van der Waals surface area contributed by atoms with Gasteiger partial charge in [-0.2, -0.15) is 0 Å². The highest BCUT2D eigenvalue weighted by molar-refractivity contribution is 5.71. The van der Waals surface area contributed by atoms with E-state index in [-0.39, 0.29) is 31.1 Å². The molecule has 1 unspecified atom stereocenters. The Morgan fingerprint density at radius 2 is 0.565 bits per heavy atom. The van der Waals surface area contributed by atoms with Gasteiger partial charge in [0.15, 0.2) is 6.10 Å². The summed E-state index contributed by atoms with van der Waals surface area (Å²) in [5, 5.41) is 0. The molecular formula is C63H106O6. The van der Waals surface area contributed by atoms with E-state index >= 15 is 0 Å². The molecule has 6 heteroatoms. The van der Waals surface area contributed by atoms with Crippen molar-refractivity contribution in [3.8, 4) is 0 Å². The van der Waals surface area contributed by atoms with Gasteiger partial charge in [-0.05, 0) is 103 Å². The van der Waals surface area contributed by atoms with Crippen LogP contribution in [0.5, 0.6) is 0 Å². The van der Waals surface area contributed by atoms with E-state index in [1.165, 1.54) is 103 Å². The predicted molar refractivity (Wildman–Crippen MR) is 297 cm³/mol. The van der Waals surface area contributed by atoms with Gasteiger partial charge in [-0.25, -0.2) is 0 Å². The van der Waals surface area contributed by atoms with Crippen molar-refractivity contribution < 1.29 is 28.6 Å². The number of carbonyl (C=O) groups excluding carboxylic acids is 3. The Morgan fingerprint density at radius 3 is 0.884 bits per heavy atom. The maximum atomic E-state index is 12.8. The highest BCUT2D eigenvalue weighted by Crippen LogP contribution is 2.15. The van der Waals surface area contributed by atoms with Crippen LogP contribution in [-0.4, -0.2) is 37.2 Å². The van der Waals surface area contributed by atoms with E-state index < -0.39 is 6.10 Å². The van der Waals surface area contributed by atoms with Gasteiger partial charge in [0.25, 0.3) is 0 Å². The Hall–Kier alpha value is -3.67. The van der Waals surface area contributed by atoms with Gasteiger partial charge in [-0.15, -0.1) is 0 Å². The van der Waals surface area contributed by atoms with E-state index in [0.29, 0.717) is 19.3 Å². The molecule has 6 nitrogen and oxygen atoms in total. The first-order chi connectivity index (χ1) is 34.0. The second-order valence-corrected chi connectivity index (χ2v) is 18.8. The van der Waals surface area contributed by atoms with Crippen molar-refractivity contribution in [2.24, 2.45) is 0 Å². The fraction of sp³-hybridized carbons (Fsp3) is 0.698. The van der Waals surface area contributed by atoms with Crippen LogP contribution in [0.15, 0.2) is 97.2 Å². The second-order valence-electron chi connectivity index (χ2n) is 18.8. The standard InChI is InChI=1S/C63H106O6/c1-4-7-10-13-15-17-19-21-23-25-27-29-31-33-35-37-39-41-43-45-47-50-53-56-62(65)68-59-60(58-67-61(64)55-52-49-12-9-6-3)69-63(66)57-54-51-48-46-44-42-40-38-36-34-32-30-28-26-24-22-20-18-16-14-11-8-5-2/h7,10,15,17,20-23,26-29,33,35,39,41,60H,4-6,8-9,11-14,16,18-19,24-25,30-32,34,36-38,40,42-59H2,1-3H3/b10-7-,17-15-,22-20-,23-21-,28-26-,29-27-,35-33-,41-39-. The zero-order valence-corrected chi connectivity index (χ0v) is 45.0. The van der Waals surface area contributed by atoms with E-state index in [1.807, 2.05) is 0 Å². The van der Waals surface area contributed by atoms with E-state index in [1.54, 1.807) is 0 Å². The Balaban J connectivity index is 4.17. The number of ether oxygens (including phenoxy) is 3. The predicted octanol–water partition coefficient (Wildman–Crippen LogP) is 19.3. The third-order valence-electron chi connectivity index (χ3n) is 12.1. The number of unbranched alkanes of at least 4 members (excludes halogenated alkanes) is 24. The van der Waals surface area contributed by atoms with E-state index in [0.717, 1.165) is 122 Å². The zero-order chi connectivity index (χ0) is 50.0. The van der Waals surface area contributed by atoms with E-state index in [4.69, 9.17) is 14.2 Å². The van der Waals surface area contributed by atoms with Crippen LogP contribution in [0.2, 0.25) is 0 Å². The number of carbonyl (C=O) groups is 3. The first-order valence-corrected chi connectivity index (χ1v) is 28.7. The lowest BCUT2D eigenvalue weighted by molar-refractivity contribution is -0.167. The molecule has 0 aromatic carbocycles. The van der Waals surface area contributed by atoms with Gasteiger partial charge in [-0.3, -0.25) is 14.4 Å². The van der Waals surface area contributed by atoms with Gasteiger partial charge >= 0.3 is 17.9 Å². The van der Waals surface area contributed by atoms with Gasteiger partial charge in [0.1, 0.15) is 13.2 Å². The Bertz CT molecular complexity index is 1380. The van der Waals surface area contributed by atoms with Gasteiger partial charge in [0, 0.05) is 19.3 Å². The molecule has 0 heterocycles. The van der Waals surface area contributed by atoms with Gasteiger partial charge in [0.2, 0.25) is 0 Å². The van der Waals surface area contributed by atoms with Crippen LogP contribution in [0.3, 0.4) is 0 Å². The molecule has 0 spiro atoms. The van der Waals surface area contributed by atoms with Crippen molar-refractivity contribution >= 4 is 17.9 Å². The molecule has 0 fully saturated rings. The average Bonchev–Trinajstić information content (AvgIpc) is 3.35. The normalized spacial score (nSPS) is 12.8. The summed E-state index contributed by atoms with van der Waals surface area (Å²) in [6, 6.07) is 0. The lowest BCUT2D eigenvalue weighted by Gasteiger charge is -2.18. The highest BCUT2D eigenvalue weighted by Gasteiger charge is 2.19. The third-order valence-corrected chi connectivity index (χ3v) is 12.1. The Kier molecular flexibility index (Phi) is 53.9. The smallest absolute Gasteiger partial charge is 0.306 e. The summed E-state index contributed by atoms with van der Waals surface area (Å²) in [7, 11) is 0. The minimum absolute atomic E-state index is 0.0876. The SMILES string of the molecule is CC/C=C\C/C=C\C/C=C\C/C=C\C/C=C\C/C=C\CCCCCCC(=O)OCC(COC(=O)CCCCCCC)OC(=O)CCCCCCCCCCCCC/C=C\C/C=C\CCCCCCC. The van der Waals surface area contributed by atoms with Crippen molar-refractivity contribution in [1.29, 1.82) is 0 Å². The number of allylic oxidation sites excluding steroid dienone is 16. The lowest BCUT2D eigenvalue weighted by atomic mass is 10.0. The quantitative estimate of drug-likeness (QED) is 0.0262. The summed E-state index contributed by atoms with van der Waals surface area (Å²) in [6.07, 6.45) is 75.8. The van der Waals surface area contributed by atoms with Crippen molar-refractivity contribution in [1.82, 2.24) is 0 Å². The maximum Gasteiger partial charge on any atom is 0.306 e. The number of esters is 3. The number of hydrogen-bond acceptors (Lipinski definition) is 6. The molecule has 0 radical (unpaired) electrons. The van der Waals surface area contributed by atoms with E-state index in [9.17, 15) is 14.4 Å². The van der Waals surface area contributed by atoms with Crippen LogP contribution in [0, 0.1) is 0 Å². The van der Waals surface area contributed by atoms with Crippen molar-refractivity contribution in [3.63, 3.8) is 0 Å². The summed E-state index contributed by atoms with van der Waals surface area (Å²) in [4.78, 5) is 37.8. The molecule has 0 saturated heterocycles. The molecule has 0 aromatic rings. The molecule has 0 rings (SSSR count). The van der Waals surface area contributed by atoms with Crippen molar-refractivity contribution in [2.75, 3.05) is 13.2 Å². The fourth-order valence-corrected chi connectivity index (χ4v) is 7.77. The van der Waals surface area contributed by atoms with E-state index in [2.05, 4.69) is 118 Å². The maximum absolute atomic E-state index is 12.8. The lowest BCUT2D eigenvalue weighted by Crippen LogP contribution is -2.30. The summed E-state index contributed by atoms with van der Waals surface area (Å²) >= 11 is 0. The first-order valence-electron chi connectivity index (χ1n) is 28.7. The first kappa shape index (κ1) is 65.3. The van der Waals surface area contributed by atoms with Crippen LogP contribution >= 0.6 is 0 Å². The molecule has 0 N–H and O–H groups in total. The molecule has 0 aromatic heterocycles. The Labute approximate surface area is 426 Å². The molecule has 394 valence electrons. The minimum Gasteiger partial charge on any atom is -0.462 e. The van der Waals surface area contributed by atoms with Crippen molar-refractivity contribution in [3.05, 3.63) is 97.2 Å². The van der Waals surface area contributed by atoms with Gasteiger partial charge in [0.05, 0.1) is 0 Å². The minimum atomic E-state index is -0.787. The van der Waals surface area contributed by atoms with Crippen LogP contribution in [-0.2, 0) is 28.6 Å². The average molecular weight is 960 g/mol. The van der Waals surface area contributed by atoms with Gasteiger partial charge < -0.3 is 14.2 Å². The summed E-state index contributed by atoms with van der Waals surface area (Å²) in [5.41, 5.74) is 0. The second kappa shape index (κ2) is 56.9. The molecule has 0 amide bonds. The molecule has 0 aliphatic carbocycles. The summed E-state index contributed by atoms with van der Waals surface area (Å²) in [5.74, 6) is -0.928. The van der Waals surface area contributed by atoms with Crippen LogP contribution in [0.1, 0.15) is 265 Å². The van der Waals surface area contributed by atoms with Crippen LogP contribution < -0.4 is 0 Å². The van der Waals surface area contributed by atoms with Crippen molar-refractivity contribution in [2.45, 2.75) is 271 Å². The fourth-order valence-electron chi connectivity index (χ4n) is 7.77.